The van der Waals surface area contributed by atoms with Gasteiger partial charge in [0, 0.05) is 25.2 Å². The Morgan fingerprint density at radius 1 is 1.38 bits per heavy atom. The van der Waals surface area contributed by atoms with Gasteiger partial charge in [-0.15, -0.1) is 0 Å². The van der Waals surface area contributed by atoms with E-state index < -0.39 is 4.92 Å². The zero-order chi connectivity index (χ0) is 16.0. The summed E-state index contributed by atoms with van der Waals surface area (Å²) >= 11 is 5.82. The predicted octanol–water partition coefficient (Wildman–Crippen LogP) is 3.31. The fourth-order valence-electron chi connectivity index (χ4n) is 2.30. The number of benzene rings is 1. The normalized spacial score (nSPS) is 12.9. The summed E-state index contributed by atoms with van der Waals surface area (Å²) in [5.41, 5.74) is 0.836. The van der Waals surface area contributed by atoms with Crippen LogP contribution in [0, 0.1) is 16.0 Å². The second kappa shape index (κ2) is 8.32. The van der Waals surface area contributed by atoms with Gasteiger partial charge in [0.1, 0.15) is 5.02 Å². The third kappa shape index (κ3) is 6.42. The van der Waals surface area contributed by atoms with Gasteiger partial charge in [0.05, 0.1) is 4.92 Å². The molecule has 1 atom stereocenters. The minimum absolute atomic E-state index is 0.0380. The minimum Gasteiger partial charge on any atom is -0.309 e. The number of hydrogen-bond donors (Lipinski definition) is 1. The second-order valence-electron chi connectivity index (χ2n) is 6.01. The molecule has 1 aromatic carbocycles. The standard InChI is InChI=1S/C15H24ClN3O2/c1-11(2)7-13(10-18(3)4)17-9-12-5-6-14(16)15(8-12)19(20)21/h5-6,8,11,13,17H,7,9-10H2,1-4H3. The number of nitro benzene ring substituents is 1. The van der Waals surface area contributed by atoms with Crippen molar-refractivity contribution in [3.8, 4) is 0 Å². The maximum atomic E-state index is 10.9. The van der Waals surface area contributed by atoms with Crippen LogP contribution in [0.3, 0.4) is 0 Å². The highest BCUT2D eigenvalue weighted by atomic mass is 35.5. The molecule has 0 spiro atoms. The zero-order valence-corrected chi connectivity index (χ0v) is 13.9. The van der Waals surface area contributed by atoms with Crippen molar-refractivity contribution in [1.82, 2.24) is 10.2 Å². The van der Waals surface area contributed by atoms with Crippen molar-refractivity contribution in [3.05, 3.63) is 38.9 Å². The average Bonchev–Trinajstić information content (AvgIpc) is 2.35. The number of nitrogens with one attached hydrogen (secondary N) is 1. The summed E-state index contributed by atoms with van der Waals surface area (Å²) in [6.45, 7) is 5.92. The number of likely N-dealkylation sites (N-methyl/N-ethyl adjacent to an activating group) is 1. The van der Waals surface area contributed by atoms with E-state index in [0.29, 0.717) is 18.5 Å². The van der Waals surface area contributed by atoms with E-state index in [0.717, 1.165) is 18.5 Å². The van der Waals surface area contributed by atoms with Crippen LogP contribution in [0.1, 0.15) is 25.8 Å². The van der Waals surface area contributed by atoms with E-state index >= 15 is 0 Å². The van der Waals surface area contributed by atoms with Crippen LogP contribution >= 0.6 is 11.6 Å². The Morgan fingerprint density at radius 2 is 2.05 bits per heavy atom. The van der Waals surface area contributed by atoms with Crippen molar-refractivity contribution < 1.29 is 4.92 Å². The molecular weight excluding hydrogens is 290 g/mol. The summed E-state index contributed by atoms with van der Waals surface area (Å²) in [6.07, 6.45) is 1.06. The van der Waals surface area contributed by atoms with Crippen LogP contribution in [0.5, 0.6) is 0 Å². The number of rotatable bonds is 8. The Hall–Kier alpha value is -1.17. The number of hydrogen-bond acceptors (Lipinski definition) is 4. The largest absolute Gasteiger partial charge is 0.309 e. The molecule has 0 aliphatic heterocycles. The van der Waals surface area contributed by atoms with Gasteiger partial charge in [-0.05, 0) is 38.1 Å². The maximum absolute atomic E-state index is 10.9. The maximum Gasteiger partial charge on any atom is 0.288 e. The molecule has 0 saturated heterocycles. The summed E-state index contributed by atoms with van der Waals surface area (Å²) < 4.78 is 0. The highest BCUT2D eigenvalue weighted by Gasteiger charge is 2.15. The van der Waals surface area contributed by atoms with Gasteiger partial charge >= 0.3 is 0 Å². The van der Waals surface area contributed by atoms with Crippen molar-refractivity contribution in [3.63, 3.8) is 0 Å². The van der Waals surface area contributed by atoms with Gasteiger partial charge in [0.2, 0.25) is 0 Å². The molecule has 0 saturated carbocycles. The molecule has 118 valence electrons. The van der Waals surface area contributed by atoms with Crippen LogP contribution in [-0.2, 0) is 6.54 Å². The minimum atomic E-state index is -0.447. The first-order valence-corrected chi connectivity index (χ1v) is 7.48. The summed E-state index contributed by atoms with van der Waals surface area (Å²) in [5, 5.41) is 14.6. The van der Waals surface area contributed by atoms with E-state index in [1.807, 2.05) is 20.2 Å². The third-order valence-corrected chi connectivity index (χ3v) is 3.46. The molecule has 0 aliphatic carbocycles. The topological polar surface area (TPSA) is 58.4 Å². The van der Waals surface area contributed by atoms with Crippen molar-refractivity contribution in [1.29, 1.82) is 0 Å². The highest BCUT2D eigenvalue weighted by molar-refractivity contribution is 6.32. The Kier molecular flexibility index (Phi) is 7.08. The van der Waals surface area contributed by atoms with E-state index in [1.165, 1.54) is 6.07 Å². The van der Waals surface area contributed by atoms with Crippen LogP contribution in [0.2, 0.25) is 5.02 Å². The number of nitrogens with zero attached hydrogens (tertiary/aromatic N) is 2. The zero-order valence-electron chi connectivity index (χ0n) is 13.1. The van der Waals surface area contributed by atoms with Gasteiger partial charge in [0.25, 0.3) is 5.69 Å². The number of nitro groups is 1. The van der Waals surface area contributed by atoms with Crippen LogP contribution in [0.15, 0.2) is 18.2 Å². The van der Waals surface area contributed by atoms with Crippen molar-refractivity contribution in [2.75, 3.05) is 20.6 Å². The Bertz CT molecular complexity index is 468. The molecule has 0 fully saturated rings. The van der Waals surface area contributed by atoms with Crippen molar-refractivity contribution in [2.24, 2.45) is 5.92 Å². The first-order chi connectivity index (χ1) is 9.79. The summed E-state index contributed by atoms with van der Waals surface area (Å²) in [4.78, 5) is 12.6. The molecule has 21 heavy (non-hydrogen) atoms. The van der Waals surface area contributed by atoms with Gasteiger partial charge in [0.15, 0.2) is 0 Å². The Morgan fingerprint density at radius 3 is 2.57 bits per heavy atom. The predicted molar refractivity (Wildman–Crippen MR) is 86.7 cm³/mol. The number of halogens is 1. The first-order valence-electron chi connectivity index (χ1n) is 7.10. The van der Waals surface area contributed by atoms with Gasteiger partial charge < -0.3 is 10.2 Å². The average molecular weight is 314 g/mol. The molecule has 1 aromatic rings. The van der Waals surface area contributed by atoms with Crippen LogP contribution in [-0.4, -0.2) is 36.5 Å². The molecule has 6 heteroatoms. The lowest BCUT2D eigenvalue weighted by atomic mass is 10.0. The third-order valence-electron chi connectivity index (χ3n) is 3.14. The second-order valence-corrected chi connectivity index (χ2v) is 6.42. The molecular formula is C15H24ClN3O2. The molecule has 1 unspecified atom stereocenters. The van der Waals surface area contributed by atoms with Gasteiger partial charge in [-0.25, -0.2) is 0 Å². The molecule has 0 aromatic heterocycles. The van der Waals surface area contributed by atoms with Gasteiger partial charge in [-0.1, -0.05) is 31.5 Å². The Labute approximate surface area is 131 Å². The lowest BCUT2D eigenvalue weighted by Gasteiger charge is -2.24. The van der Waals surface area contributed by atoms with Crippen molar-refractivity contribution in [2.45, 2.75) is 32.9 Å². The van der Waals surface area contributed by atoms with E-state index in [-0.39, 0.29) is 10.7 Å². The molecule has 0 amide bonds. The monoisotopic (exact) mass is 313 g/mol. The lowest BCUT2D eigenvalue weighted by Crippen LogP contribution is -2.38. The van der Waals surface area contributed by atoms with Crippen LogP contribution in [0.25, 0.3) is 0 Å². The molecule has 0 radical (unpaired) electrons. The molecule has 5 nitrogen and oxygen atoms in total. The lowest BCUT2D eigenvalue weighted by molar-refractivity contribution is -0.384. The molecule has 0 heterocycles. The fourth-order valence-corrected chi connectivity index (χ4v) is 2.49. The van der Waals surface area contributed by atoms with E-state index in [9.17, 15) is 10.1 Å². The molecule has 1 N–H and O–H groups in total. The summed E-state index contributed by atoms with van der Waals surface area (Å²) in [5.74, 6) is 0.599. The molecule has 0 bridgehead atoms. The van der Waals surface area contributed by atoms with E-state index in [2.05, 4.69) is 24.1 Å². The van der Waals surface area contributed by atoms with Gasteiger partial charge in [-0.2, -0.15) is 0 Å². The van der Waals surface area contributed by atoms with Crippen molar-refractivity contribution >= 4 is 17.3 Å². The van der Waals surface area contributed by atoms with E-state index in [1.54, 1.807) is 6.07 Å². The summed E-state index contributed by atoms with van der Waals surface area (Å²) in [6, 6.07) is 5.30. The molecule has 0 aliphatic rings. The first kappa shape index (κ1) is 17.9. The quantitative estimate of drug-likeness (QED) is 0.591. The fraction of sp³-hybridized carbons (Fsp3) is 0.600. The summed E-state index contributed by atoms with van der Waals surface area (Å²) in [7, 11) is 4.09. The van der Waals surface area contributed by atoms with Gasteiger partial charge in [-0.3, -0.25) is 10.1 Å². The smallest absolute Gasteiger partial charge is 0.288 e. The SMILES string of the molecule is CC(C)CC(CN(C)C)NCc1ccc(Cl)c([N+](=O)[O-])c1. The van der Waals surface area contributed by atoms with Crippen LogP contribution < -0.4 is 5.32 Å². The molecule has 1 rings (SSSR count). The van der Waals surface area contributed by atoms with Crippen LogP contribution in [0.4, 0.5) is 5.69 Å². The Balaban J connectivity index is 2.70. The highest BCUT2D eigenvalue weighted by Crippen LogP contribution is 2.25. The van der Waals surface area contributed by atoms with E-state index in [4.69, 9.17) is 11.6 Å².